The number of nitrogens with zero attached hydrogens (tertiary/aromatic N) is 1. The smallest absolute Gasteiger partial charge is 0.271 e. The molecule has 0 spiro atoms. The van der Waals surface area contributed by atoms with Crippen LogP contribution in [-0.4, -0.2) is 10.9 Å². The molecule has 21 heavy (non-hydrogen) atoms. The Balaban J connectivity index is 1.98. The molecule has 1 aromatic carbocycles. The number of halogens is 2. The minimum atomic E-state index is -0.938. The number of hydrogen-bond donors (Lipinski definition) is 2. The van der Waals surface area contributed by atoms with Crippen LogP contribution in [0.3, 0.4) is 0 Å². The molecular formula is C14H15F2N3OS. The number of thiazole rings is 1. The van der Waals surface area contributed by atoms with Gasteiger partial charge >= 0.3 is 0 Å². The normalized spacial score (nSPS) is 12.2. The van der Waals surface area contributed by atoms with Crippen molar-refractivity contribution in [2.75, 3.05) is 0 Å². The summed E-state index contributed by atoms with van der Waals surface area (Å²) >= 11 is 1.33. The summed E-state index contributed by atoms with van der Waals surface area (Å²) in [6.45, 7) is 2.04. The molecule has 0 saturated carbocycles. The maximum Gasteiger partial charge on any atom is 0.271 e. The Labute approximate surface area is 125 Å². The van der Waals surface area contributed by atoms with Crippen molar-refractivity contribution in [3.63, 3.8) is 0 Å². The van der Waals surface area contributed by atoms with Gasteiger partial charge in [0.2, 0.25) is 0 Å². The molecule has 1 atom stereocenters. The summed E-state index contributed by atoms with van der Waals surface area (Å²) in [6, 6.07) is 3.31. The van der Waals surface area contributed by atoms with Gasteiger partial charge in [-0.05, 0) is 24.1 Å². The van der Waals surface area contributed by atoms with Gasteiger partial charge in [-0.1, -0.05) is 13.0 Å². The van der Waals surface area contributed by atoms with E-state index in [2.05, 4.69) is 10.3 Å². The fraction of sp³-hybridized carbons (Fsp3) is 0.286. The highest BCUT2D eigenvalue weighted by atomic mass is 32.1. The zero-order chi connectivity index (χ0) is 15.4. The average molecular weight is 311 g/mol. The summed E-state index contributed by atoms with van der Waals surface area (Å²) in [4.78, 5) is 16.1. The Morgan fingerprint density at radius 2 is 2.19 bits per heavy atom. The summed E-state index contributed by atoms with van der Waals surface area (Å²) in [5.74, 6) is -2.22. The van der Waals surface area contributed by atoms with Gasteiger partial charge in [0.25, 0.3) is 5.91 Å². The molecule has 0 bridgehead atoms. The topological polar surface area (TPSA) is 68.0 Å². The number of carbonyl (C=O) groups is 1. The van der Waals surface area contributed by atoms with Crippen LogP contribution in [0.5, 0.6) is 0 Å². The third-order valence-electron chi connectivity index (χ3n) is 2.95. The maximum atomic E-state index is 13.0. The summed E-state index contributed by atoms with van der Waals surface area (Å²) in [5.41, 5.74) is 6.60. The van der Waals surface area contributed by atoms with E-state index in [9.17, 15) is 13.6 Å². The van der Waals surface area contributed by atoms with E-state index < -0.39 is 11.6 Å². The molecule has 2 aromatic rings. The zero-order valence-electron chi connectivity index (χ0n) is 11.4. The molecule has 0 aliphatic heterocycles. The average Bonchev–Trinajstić information content (AvgIpc) is 2.97. The second-order valence-corrected chi connectivity index (χ2v) is 5.41. The van der Waals surface area contributed by atoms with Gasteiger partial charge in [-0.2, -0.15) is 0 Å². The van der Waals surface area contributed by atoms with Gasteiger partial charge in [0.15, 0.2) is 11.6 Å². The standard InChI is InChI=1S/C14H15F2N3OS/c1-2-11(17)14-19-12(7-21-14)13(20)18-6-8-3-4-9(15)10(16)5-8/h3-5,7,11H,2,6,17H2,1H3,(H,18,20). The number of aromatic nitrogens is 1. The number of carbonyl (C=O) groups excluding carboxylic acids is 1. The second-order valence-electron chi connectivity index (χ2n) is 4.52. The van der Waals surface area contributed by atoms with Gasteiger partial charge in [0.05, 0.1) is 6.04 Å². The molecule has 1 unspecified atom stereocenters. The number of nitrogens with two attached hydrogens (primary N) is 1. The SMILES string of the molecule is CCC(N)c1nc(C(=O)NCc2ccc(F)c(F)c2)cs1. The molecule has 7 heteroatoms. The van der Waals surface area contributed by atoms with Crippen molar-refractivity contribution >= 4 is 17.2 Å². The van der Waals surface area contributed by atoms with Crippen molar-refractivity contribution in [2.45, 2.75) is 25.9 Å². The highest BCUT2D eigenvalue weighted by Gasteiger charge is 2.14. The van der Waals surface area contributed by atoms with Crippen LogP contribution in [0.4, 0.5) is 8.78 Å². The molecule has 0 aliphatic carbocycles. The lowest BCUT2D eigenvalue weighted by Crippen LogP contribution is -2.23. The Bertz CT molecular complexity index is 645. The number of rotatable bonds is 5. The van der Waals surface area contributed by atoms with E-state index in [-0.39, 0.29) is 24.2 Å². The van der Waals surface area contributed by atoms with Crippen LogP contribution in [0, 0.1) is 11.6 Å². The van der Waals surface area contributed by atoms with Crippen LogP contribution < -0.4 is 11.1 Å². The van der Waals surface area contributed by atoms with E-state index in [0.717, 1.165) is 18.6 Å². The Kier molecular flexibility index (Phi) is 4.98. The molecule has 2 rings (SSSR count). The lowest BCUT2D eigenvalue weighted by molar-refractivity contribution is 0.0946. The summed E-state index contributed by atoms with van der Waals surface area (Å²) in [7, 11) is 0. The van der Waals surface area contributed by atoms with E-state index >= 15 is 0 Å². The minimum Gasteiger partial charge on any atom is -0.347 e. The van der Waals surface area contributed by atoms with Crippen molar-refractivity contribution < 1.29 is 13.6 Å². The van der Waals surface area contributed by atoms with Crippen LogP contribution in [0.2, 0.25) is 0 Å². The highest BCUT2D eigenvalue weighted by molar-refractivity contribution is 7.09. The first kappa shape index (κ1) is 15.5. The monoisotopic (exact) mass is 311 g/mol. The number of amides is 1. The van der Waals surface area contributed by atoms with Crippen LogP contribution in [-0.2, 0) is 6.54 Å². The number of nitrogens with one attached hydrogen (secondary N) is 1. The lowest BCUT2D eigenvalue weighted by atomic mass is 10.2. The number of benzene rings is 1. The fourth-order valence-corrected chi connectivity index (χ4v) is 2.54. The Morgan fingerprint density at radius 1 is 1.43 bits per heavy atom. The largest absolute Gasteiger partial charge is 0.347 e. The lowest BCUT2D eigenvalue weighted by Gasteiger charge is -2.05. The molecule has 4 nitrogen and oxygen atoms in total. The molecule has 1 heterocycles. The summed E-state index contributed by atoms with van der Waals surface area (Å²) < 4.78 is 25.8. The van der Waals surface area contributed by atoms with E-state index in [4.69, 9.17) is 5.73 Å². The molecule has 112 valence electrons. The van der Waals surface area contributed by atoms with Crippen LogP contribution >= 0.6 is 11.3 Å². The number of hydrogen-bond acceptors (Lipinski definition) is 4. The van der Waals surface area contributed by atoms with Gasteiger partial charge < -0.3 is 11.1 Å². The Hall–Kier alpha value is -1.86. The quantitative estimate of drug-likeness (QED) is 0.892. The predicted molar refractivity (Wildman–Crippen MR) is 76.9 cm³/mol. The molecular weight excluding hydrogens is 296 g/mol. The molecule has 0 fully saturated rings. The summed E-state index contributed by atoms with van der Waals surface area (Å²) in [5, 5.41) is 4.94. The van der Waals surface area contributed by atoms with Crippen molar-refractivity contribution in [2.24, 2.45) is 5.73 Å². The predicted octanol–water partition coefficient (Wildman–Crippen LogP) is 2.76. The molecule has 3 N–H and O–H groups in total. The first-order chi connectivity index (χ1) is 10.0. The van der Waals surface area contributed by atoms with Crippen molar-refractivity contribution in [3.05, 3.63) is 51.5 Å². The molecule has 0 radical (unpaired) electrons. The van der Waals surface area contributed by atoms with E-state index in [1.165, 1.54) is 17.4 Å². The third kappa shape index (κ3) is 3.83. The summed E-state index contributed by atoms with van der Waals surface area (Å²) in [6.07, 6.45) is 0.740. The van der Waals surface area contributed by atoms with Crippen molar-refractivity contribution in [3.8, 4) is 0 Å². The first-order valence-electron chi connectivity index (χ1n) is 6.44. The van der Waals surface area contributed by atoms with E-state index in [1.807, 2.05) is 6.92 Å². The zero-order valence-corrected chi connectivity index (χ0v) is 12.2. The van der Waals surface area contributed by atoms with Gasteiger partial charge in [-0.3, -0.25) is 4.79 Å². The van der Waals surface area contributed by atoms with Crippen LogP contribution in [0.15, 0.2) is 23.6 Å². The van der Waals surface area contributed by atoms with Crippen LogP contribution in [0.1, 0.15) is 40.4 Å². The molecule has 1 amide bonds. The van der Waals surface area contributed by atoms with Crippen molar-refractivity contribution in [1.29, 1.82) is 0 Å². The Morgan fingerprint density at radius 3 is 2.86 bits per heavy atom. The van der Waals surface area contributed by atoms with E-state index in [1.54, 1.807) is 5.38 Å². The molecule has 0 aliphatic rings. The third-order valence-corrected chi connectivity index (χ3v) is 3.93. The first-order valence-corrected chi connectivity index (χ1v) is 7.32. The van der Waals surface area contributed by atoms with Gasteiger partial charge in [-0.15, -0.1) is 11.3 Å². The van der Waals surface area contributed by atoms with E-state index in [0.29, 0.717) is 10.6 Å². The van der Waals surface area contributed by atoms with Gasteiger partial charge in [-0.25, -0.2) is 13.8 Å². The minimum absolute atomic E-state index is 0.0999. The molecule has 0 saturated heterocycles. The van der Waals surface area contributed by atoms with Gasteiger partial charge in [0, 0.05) is 11.9 Å². The fourth-order valence-electron chi connectivity index (χ4n) is 1.66. The van der Waals surface area contributed by atoms with Crippen LogP contribution in [0.25, 0.3) is 0 Å². The molecule has 1 aromatic heterocycles. The second kappa shape index (κ2) is 6.73. The highest BCUT2D eigenvalue weighted by Crippen LogP contribution is 2.18. The van der Waals surface area contributed by atoms with Crippen molar-refractivity contribution in [1.82, 2.24) is 10.3 Å². The maximum absolute atomic E-state index is 13.0. The van der Waals surface area contributed by atoms with Gasteiger partial charge in [0.1, 0.15) is 10.7 Å².